The molecule has 1 saturated carbocycles. The number of nitrogens with one attached hydrogen (secondary N) is 2. The SMILES string of the molecule is Cc1c(Cl)cccc1NC(=O)c1cc(NC2CCCCC2)ncn1. The summed E-state index contributed by atoms with van der Waals surface area (Å²) < 4.78 is 0. The van der Waals surface area contributed by atoms with Gasteiger partial charge in [0.15, 0.2) is 0 Å². The summed E-state index contributed by atoms with van der Waals surface area (Å²) >= 11 is 6.09. The van der Waals surface area contributed by atoms with Crippen molar-refractivity contribution in [2.24, 2.45) is 0 Å². The number of carbonyl (C=O) groups excluding carboxylic acids is 1. The molecule has 0 atom stereocenters. The average Bonchev–Trinajstić information content (AvgIpc) is 2.60. The van der Waals surface area contributed by atoms with Crippen LogP contribution in [0, 0.1) is 6.92 Å². The molecule has 0 bridgehead atoms. The molecule has 5 nitrogen and oxygen atoms in total. The van der Waals surface area contributed by atoms with E-state index in [0.29, 0.717) is 28.3 Å². The van der Waals surface area contributed by atoms with Crippen LogP contribution in [-0.2, 0) is 0 Å². The van der Waals surface area contributed by atoms with Gasteiger partial charge in [-0.1, -0.05) is 36.9 Å². The van der Waals surface area contributed by atoms with Gasteiger partial charge in [-0.3, -0.25) is 4.79 Å². The van der Waals surface area contributed by atoms with Gasteiger partial charge in [-0.05, 0) is 37.5 Å². The van der Waals surface area contributed by atoms with Crippen LogP contribution in [-0.4, -0.2) is 21.9 Å². The molecule has 126 valence electrons. The minimum Gasteiger partial charge on any atom is -0.367 e. The van der Waals surface area contributed by atoms with Crippen LogP contribution in [0.4, 0.5) is 11.5 Å². The molecule has 1 aromatic heterocycles. The molecule has 24 heavy (non-hydrogen) atoms. The van der Waals surface area contributed by atoms with Gasteiger partial charge in [0.2, 0.25) is 0 Å². The highest BCUT2D eigenvalue weighted by molar-refractivity contribution is 6.31. The first kappa shape index (κ1) is 16.7. The maximum atomic E-state index is 12.4. The number of benzene rings is 1. The number of anilines is 2. The highest BCUT2D eigenvalue weighted by Gasteiger charge is 2.15. The fraction of sp³-hybridized carbons (Fsp3) is 0.389. The number of carbonyl (C=O) groups is 1. The van der Waals surface area contributed by atoms with Crippen molar-refractivity contribution in [1.29, 1.82) is 0 Å². The Morgan fingerprint density at radius 3 is 2.79 bits per heavy atom. The summed E-state index contributed by atoms with van der Waals surface area (Å²) in [5, 5.41) is 6.89. The largest absolute Gasteiger partial charge is 0.367 e. The molecule has 0 spiro atoms. The molecule has 1 aromatic carbocycles. The number of aromatic nitrogens is 2. The smallest absolute Gasteiger partial charge is 0.274 e. The van der Waals surface area contributed by atoms with Crippen molar-refractivity contribution in [3.63, 3.8) is 0 Å². The summed E-state index contributed by atoms with van der Waals surface area (Å²) in [4.78, 5) is 20.8. The monoisotopic (exact) mass is 344 g/mol. The summed E-state index contributed by atoms with van der Waals surface area (Å²) in [6.07, 6.45) is 7.49. The Morgan fingerprint density at radius 1 is 1.21 bits per heavy atom. The van der Waals surface area contributed by atoms with Crippen molar-refractivity contribution in [3.05, 3.63) is 46.9 Å². The Balaban J connectivity index is 1.70. The molecule has 0 saturated heterocycles. The Bertz CT molecular complexity index is 729. The van der Waals surface area contributed by atoms with Crippen LogP contribution in [0.3, 0.4) is 0 Å². The van der Waals surface area contributed by atoms with Gasteiger partial charge in [-0.25, -0.2) is 9.97 Å². The molecule has 0 aliphatic heterocycles. The predicted molar refractivity (Wildman–Crippen MR) is 96.7 cm³/mol. The van der Waals surface area contributed by atoms with Crippen LogP contribution in [0.1, 0.15) is 48.2 Å². The molecule has 6 heteroatoms. The first-order chi connectivity index (χ1) is 11.6. The fourth-order valence-corrected chi connectivity index (χ4v) is 3.12. The molecule has 1 fully saturated rings. The summed E-state index contributed by atoms with van der Waals surface area (Å²) in [6, 6.07) is 7.55. The molecule has 1 amide bonds. The van der Waals surface area contributed by atoms with Crippen LogP contribution >= 0.6 is 11.6 Å². The summed E-state index contributed by atoms with van der Waals surface area (Å²) in [5.74, 6) is 0.430. The molecule has 1 aliphatic rings. The molecule has 1 heterocycles. The predicted octanol–water partition coefficient (Wildman–Crippen LogP) is 4.44. The van der Waals surface area contributed by atoms with E-state index in [-0.39, 0.29) is 5.91 Å². The van der Waals surface area contributed by atoms with E-state index in [1.807, 2.05) is 13.0 Å². The van der Waals surface area contributed by atoms with Gasteiger partial charge in [0.1, 0.15) is 17.8 Å². The fourth-order valence-electron chi connectivity index (χ4n) is 2.95. The van der Waals surface area contributed by atoms with E-state index >= 15 is 0 Å². The Hall–Kier alpha value is -2.14. The van der Waals surface area contributed by atoms with Crippen molar-refractivity contribution in [1.82, 2.24) is 9.97 Å². The minimum absolute atomic E-state index is 0.269. The molecule has 2 N–H and O–H groups in total. The standard InChI is InChI=1S/C18H21ClN4O/c1-12-14(19)8-5-9-15(12)23-18(24)16-10-17(21-11-20-16)22-13-6-3-2-4-7-13/h5,8-11,13H,2-4,6-7H2,1H3,(H,23,24)(H,20,21,22). The number of nitrogens with zero attached hydrogens (tertiary/aromatic N) is 2. The van der Waals surface area contributed by atoms with E-state index in [9.17, 15) is 4.79 Å². The lowest BCUT2D eigenvalue weighted by atomic mass is 9.95. The van der Waals surface area contributed by atoms with E-state index in [4.69, 9.17) is 11.6 Å². The second-order valence-corrected chi connectivity index (χ2v) is 6.54. The van der Waals surface area contributed by atoms with Gasteiger partial charge in [-0.15, -0.1) is 0 Å². The van der Waals surface area contributed by atoms with Gasteiger partial charge >= 0.3 is 0 Å². The molecule has 2 aromatic rings. The van der Waals surface area contributed by atoms with Gasteiger partial charge in [0, 0.05) is 22.8 Å². The lowest BCUT2D eigenvalue weighted by Gasteiger charge is -2.23. The van der Waals surface area contributed by atoms with Crippen molar-refractivity contribution in [2.75, 3.05) is 10.6 Å². The maximum Gasteiger partial charge on any atom is 0.274 e. The zero-order valence-electron chi connectivity index (χ0n) is 13.7. The molecule has 0 radical (unpaired) electrons. The van der Waals surface area contributed by atoms with Crippen LogP contribution in [0.5, 0.6) is 0 Å². The summed E-state index contributed by atoms with van der Waals surface area (Å²) in [6.45, 7) is 1.87. The van der Waals surface area contributed by atoms with E-state index in [2.05, 4.69) is 20.6 Å². The second kappa shape index (κ2) is 7.62. The van der Waals surface area contributed by atoms with Gasteiger partial charge in [-0.2, -0.15) is 0 Å². The van der Waals surface area contributed by atoms with E-state index < -0.39 is 0 Å². The molecular formula is C18H21ClN4O. The van der Waals surface area contributed by atoms with E-state index in [1.165, 1.54) is 25.6 Å². The molecule has 1 aliphatic carbocycles. The third-order valence-corrected chi connectivity index (χ3v) is 4.78. The number of amides is 1. The minimum atomic E-state index is -0.269. The third kappa shape index (κ3) is 4.03. The number of hydrogen-bond donors (Lipinski definition) is 2. The van der Waals surface area contributed by atoms with Gasteiger partial charge in [0.25, 0.3) is 5.91 Å². The first-order valence-electron chi connectivity index (χ1n) is 8.28. The number of rotatable bonds is 4. The van der Waals surface area contributed by atoms with Crippen LogP contribution in [0.15, 0.2) is 30.6 Å². The van der Waals surface area contributed by atoms with Crippen LogP contribution in [0.25, 0.3) is 0 Å². The third-order valence-electron chi connectivity index (χ3n) is 4.37. The van der Waals surface area contributed by atoms with Crippen LogP contribution < -0.4 is 10.6 Å². The van der Waals surface area contributed by atoms with Crippen molar-refractivity contribution in [3.8, 4) is 0 Å². The Labute approximate surface area is 146 Å². The highest BCUT2D eigenvalue weighted by Crippen LogP contribution is 2.24. The average molecular weight is 345 g/mol. The Kier molecular flexibility index (Phi) is 5.30. The highest BCUT2D eigenvalue weighted by atomic mass is 35.5. The maximum absolute atomic E-state index is 12.4. The van der Waals surface area contributed by atoms with Gasteiger partial charge < -0.3 is 10.6 Å². The van der Waals surface area contributed by atoms with Crippen molar-refractivity contribution >= 4 is 29.0 Å². The van der Waals surface area contributed by atoms with Crippen LogP contribution in [0.2, 0.25) is 5.02 Å². The topological polar surface area (TPSA) is 66.9 Å². The number of halogens is 1. The normalized spacial score (nSPS) is 15.1. The number of hydrogen-bond acceptors (Lipinski definition) is 4. The second-order valence-electron chi connectivity index (χ2n) is 6.13. The van der Waals surface area contributed by atoms with Gasteiger partial charge in [0.05, 0.1) is 0 Å². The molecular weight excluding hydrogens is 324 g/mol. The van der Waals surface area contributed by atoms with Crippen molar-refractivity contribution in [2.45, 2.75) is 45.1 Å². The van der Waals surface area contributed by atoms with E-state index in [0.717, 1.165) is 18.4 Å². The lowest BCUT2D eigenvalue weighted by Crippen LogP contribution is -2.23. The lowest BCUT2D eigenvalue weighted by molar-refractivity contribution is 0.102. The quantitative estimate of drug-likeness (QED) is 0.860. The summed E-state index contributed by atoms with van der Waals surface area (Å²) in [5.41, 5.74) is 1.86. The molecule has 0 unspecified atom stereocenters. The molecule has 3 rings (SSSR count). The Morgan fingerprint density at radius 2 is 2.00 bits per heavy atom. The zero-order chi connectivity index (χ0) is 16.9. The zero-order valence-corrected chi connectivity index (χ0v) is 14.4. The van der Waals surface area contributed by atoms with E-state index in [1.54, 1.807) is 18.2 Å². The first-order valence-corrected chi connectivity index (χ1v) is 8.66. The summed E-state index contributed by atoms with van der Waals surface area (Å²) in [7, 11) is 0. The van der Waals surface area contributed by atoms with Crippen molar-refractivity contribution < 1.29 is 4.79 Å².